The number of hydrogen-bond acceptors (Lipinski definition) is 2. The van der Waals surface area contributed by atoms with Gasteiger partial charge in [-0.05, 0) is 48.9 Å². The number of nitrogens with one attached hydrogen (secondary N) is 2. The van der Waals surface area contributed by atoms with E-state index in [2.05, 4.69) is 26.6 Å². The van der Waals surface area contributed by atoms with Crippen LogP contribution < -0.4 is 10.6 Å². The lowest BCUT2D eigenvalue weighted by molar-refractivity contribution is 0.0949. The second-order valence-corrected chi connectivity index (χ2v) is 6.35. The highest BCUT2D eigenvalue weighted by atomic mass is 79.9. The van der Waals surface area contributed by atoms with Crippen molar-refractivity contribution in [3.63, 3.8) is 0 Å². The van der Waals surface area contributed by atoms with Crippen molar-refractivity contribution >= 4 is 39.3 Å². The van der Waals surface area contributed by atoms with Crippen molar-refractivity contribution in [2.45, 2.75) is 6.42 Å². The first-order chi connectivity index (χ1) is 11.5. The number of hydrogen-bond donors (Lipinski definition) is 2. The smallest absolute Gasteiger partial charge is 0.254 e. The van der Waals surface area contributed by atoms with Gasteiger partial charge in [-0.25, -0.2) is 4.39 Å². The fourth-order valence-electron chi connectivity index (χ4n) is 1.96. The molecule has 0 spiro atoms. The molecule has 2 amide bonds. The number of carbonyl (C=O) groups is 2. The number of carbonyl (C=O) groups excluding carboxylic acids is 2. The summed E-state index contributed by atoms with van der Waals surface area (Å²) in [5.41, 5.74) is 0.503. The van der Waals surface area contributed by atoms with Crippen molar-refractivity contribution in [2.75, 3.05) is 13.1 Å². The summed E-state index contributed by atoms with van der Waals surface area (Å²) in [4.78, 5) is 23.7. The van der Waals surface area contributed by atoms with E-state index in [-0.39, 0.29) is 16.5 Å². The molecule has 0 aromatic heterocycles. The van der Waals surface area contributed by atoms with Gasteiger partial charge in [0.1, 0.15) is 5.82 Å². The SMILES string of the molecule is O=C(NCCCNC(=O)c1ccc(Cl)cc1F)c1ccc(Br)cc1. The highest BCUT2D eigenvalue weighted by Gasteiger charge is 2.11. The van der Waals surface area contributed by atoms with Gasteiger partial charge >= 0.3 is 0 Å². The summed E-state index contributed by atoms with van der Waals surface area (Å²) in [6.45, 7) is 0.722. The molecular formula is C17H15BrClFN2O2. The van der Waals surface area contributed by atoms with Crippen LogP contribution in [0, 0.1) is 5.82 Å². The maximum atomic E-state index is 13.6. The van der Waals surface area contributed by atoms with E-state index in [9.17, 15) is 14.0 Å². The van der Waals surface area contributed by atoms with Crippen molar-refractivity contribution in [2.24, 2.45) is 0 Å². The normalized spacial score (nSPS) is 10.3. The van der Waals surface area contributed by atoms with Crippen LogP contribution in [-0.2, 0) is 0 Å². The van der Waals surface area contributed by atoms with Gasteiger partial charge < -0.3 is 10.6 Å². The van der Waals surface area contributed by atoms with Crippen LogP contribution >= 0.6 is 27.5 Å². The molecule has 0 unspecified atom stereocenters. The van der Waals surface area contributed by atoms with E-state index >= 15 is 0 Å². The van der Waals surface area contributed by atoms with Crippen LogP contribution in [0.15, 0.2) is 46.9 Å². The zero-order valence-electron chi connectivity index (χ0n) is 12.6. The molecule has 0 aliphatic heterocycles. The first kappa shape index (κ1) is 18.4. The fourth-order valence-corrected chi connectivity index (χ4v) is 2.39. The van der Waals surface area contributed by atoms with Crippen LogP contribution in [0.2, 0.25) is 5.02 Å². The summed E-state index contributed by atoms with van der Waals surface area (Å²) in [6, 6.07) is 10.9. The summed E-state index contributed by atoms with van der Waals surface area (Å²) < 4.78 is 14.5. The molecule has 0 aliphatic rings. The molecule has 2 N–H and O–H groups in total. The summed E-state index contributed by atoms with van der Waals surface area (Å²) in [6.07, 6.45) is 0.531. The molecular weight excluding hydrogens is 399 g/mol. The summed E-state index contributed by atoms with van der Waals surface area (Å²) in [5, 5.41) is 5.59. The van der Waals surface area contributed by atoms with Gasteiger partial charge in [0.2, 0.25) is 0 Å². The van der Waals surface area contributed by atoms with Gasteiger partial charge in [-0.3, -0.25) is 9.59 Å². The van der Waals surface area contributed by atoms with Crippen LogP contribution in [0.4, 0.5) is 4.39 Å². The molecule has 0 bridgehead atoms. The van der Waals surface area contributed by atoms with Gasteiger partial charge in [-0.1, -0.05) is 27.5 Å². The minimum Gasteiger partial charge on any atom is -0.352 e. The van der Waals surface area contributed by atoms with Gasteiger partial charge in [-0.15, -0.1) is 0 Å². The second-order valence-electron chi connectivity index (χ2n) is 5.00. The van der Waals surface area contributed by atoms with Crippen molar-refractivity contribution < 1.29 is 14.0 Å². The predicted octanol–water partition coefficient (Wildman–Crippen LogP) is 3.79. The van der Waals surface area contributed by atoms with Crippen molar-refractivity contribution in [3.05, 3.63) is 68.9 Å². The molecule has 24 heavy (non-hydrogen) atoms. The molecule has 2 aromatic carbocycles. The van der Waals surface area contributed by atoms with E-state index in [1.165, 1.54) is 12.1 Å². The third-order valence-electron chi connectivity index (χ3n) is 3.21. The van der Waals surface area contributed by atoms with E-state index in [0.717, 1.165) is 10.5 Å². The monoisotopic (exact) mass is 412 g/mol. The first-order valence-corrected chi connectivity index (χ1v) is 8.41. The molecule has 0 aliphatic carbocycles. The summed E-state index contributed by atoms with van der Waals surface area (Å²) in [5.74, 6) is -1.36. The average molecular weight is 414 g/mol. The van der Waals surface area contributed by atoms with Gasteiger partial charge in [0.05, 0.1) is 5.56 Å². The molecule has 4 nitrogen and oxygen atoms in total. The topological polar surface area (TPSA) is 58.2 Å². The molecule has 0 radical (unpaired) electrons. The second kappa shape index (κ2) is 8.80. The maximum Gasteiger partial charge on any atom is 0.254 e. The molecule has 0 atom stereocenters. The molecule has 0 heterocycles. The zero-order chi connectivity index (χ0) is 17.5. The lowest BCUT2D eigenvalue weighted by Gasteiger charge is -2.08. The zero-order valence-corrected chi connectivity index (χ0v) is 15.0. The molecule has 0 saturated heterocycles. The highest BCUT2D eigenvalue weighted by molar-refractivity contribution is 9.10. The average Bonchev–Trinajstić information content (AvgIpc) is 2.54. The lowest BCUT2D eigenvalue weighted by atomic mass is 10.2. The Kier molecular flexibility index (Phi) is 6.75. The standard InChI is InChI=1S/C17H15BrClFN2O2/c18-12-4-2-11(3-5-12)16(23)21-8-1-9-22-17(24)14-7-6-13(19)10-15(14)20/h2-7,10H,1,8-9H2,(H,21,23)(H,22,24). The van der Waals surface area contributed by atoms with Crippen LogP contribution in [0.1, 0.15) is 27.1 Å². The van der Waals surface area contributed by atoms with Gasteiger partial charge in [0.15, 0.2) is 0 Å². The van der Waals surface area contributed by atoms with E-state index in [4.69, 9.17) is 11.6 Å². The van der Waals surface area contributed by atoms with Crippen LogP contribution in [0.5, 0.6) is 0 Å². The fraction of sp³-hybridized carbons (Fsp3) is 0.176. The van der Waals surface area contributed by atoms with E-state index in [1.807, 2.05) is 0 Å². The molecule has 2 aromatic rings. The first-order valence-electron chi connectivity index (χ1n) is 7.24. The van der Waals surface area contributed by atoms with Crippen LogP contribution in [0.25, 0.3) is 0 Å². The van der Waals surface area contributed by atoms with Crippen molar-refractivity contribution in [1.29, 1.82) is 0 Å². The molecule has 2 rings (SSSR count). The molecule has 7 heteroatoms. The van der Waals surface area contributed by atoms with Gasteiger partial charge in [-0.2, -0.15) is 0 Å². The minimum absolute atomic E-state index is 0.0571. The van der Waals surface area contributed by atoms with Crippen LogP contribution in [0.3, 0.4) is 0 Å². The number of halogens is 3. The quantitative estimate of drug-likeness (QED) is 0.708. The number of amides is 2. The number of rotatable bonds is 6. The highest BCUT2D eigenvalue weighted by Crippen LogP contribution is 2.14. The summed E-state index contributed by atoms with van der Waals surface area (Å²) >= 11 is 8.95. The van der Waals surface area contributed by atoms with E-state index in [1.54, 1.807) is 24.3 Å². The Balaban J connectivity index is 1.72. The largest absolute Gasteiger partial charge is 0.352 e. The van der Waals surface area contributed by atoms with E-state index < -0.39 is 11.7 Å². The van der Waals surface area contributed by atoms with Crippen LogP contribution in [-0.4, -0.2) is 24.9 Å². The minimum atomic E-state index is -0.663. The lowest BCUT2D eigenvalue weighted by Crippen LogP contribution is -2.30. The van der Waals surface area contributed by atoms with Gasteiger partial charge in [0, 0.05) is 28.1 Å². The third-order valence-corrected chi connectivity index (χ3v) is 3.97. The van der Waals surface area contributed by atoms with Crippen molar-refractivity contribution in [1.82, 2.24) is 10.6 Å². The third kappa shape index (κ3) is 5.32. The number of benzene rings is 2. The Morgan fingerprint density at radius 1 is 1.00 bits per heavy atom. The Labute approximate surface area is 152 Å². The molecule has 126 valence electrons. The molecule has 0 fully saturated rings. The Hall–Kier alpha value is -1.92. The van der Waals surface area contributed by atoms with Crippen molar-refractivity contribution in [3.8, 4) is 0 Å². The summed E-state index contributed by atoms with van der Waals surface area (Å²) in [7, 11) is 0. The van der Waals surface area contributed by atoms with Gasteiger partial charge in [0.25, 0.3) is 11.8 Å². The maximum absolute atomic E-state index is 13.6. The Bertz CT molecular complexity index is 738. The Morgan fingerprint density at radius 2 is 1.62 bits per heavy atom. The predicted molar refractivity (Wildman–Crippen MR) is 94.8 cm³/mol. The molecule has 0 saturated carbocycles. The van der Waals surface area contributed by atoms with E-state index in [0.29, 0.717) is 25.1 Å². The Morgan fingerprint density at radius 3 is 2.25 bits per heavy atom.